The number of rotatable bonds is 8. The highest BCUT2D eigenvalue weighted by Gasteiger charge is 2.13. The number of nitrogens with zero attached hydrogens (tertiary/aromatic N) is 1. The van der Waals surface area contributed by atoms with Gasteiger partial charge in [0.25, 0.3) is 0 Å². The van der Waals surface area contributed by atoms with Crippen LogP contribution in [0.25, 0.3) is 0 Å². The largest absolute Gasteiger partial charge is 0.493 e. The maximum atomic E-state index is 13.9. The van der Waals surface area contributed by atoms with E-state index in [1.807, 2.05) is 6.07 Å². The van der Waals surface area contributed by atoms with Gasteiger partial charge >= 0.3 is 0 Å². The van der Waals surface area contributed by atoms with Gasteiger partial charge in [-0.2, -0.15) is 0 Å². The summed E-state index contributed by atoms with van der Waals surface area (Å²) in [5.74, 6) is 0.711. The number of ether oxygens (including phenoxy) is 3. The summed E-state index contributed by atoms with van der Waals surface area (Å²) in [4.78, 5) is 2.31. The van der Waals surface area contributed by atoms with E-state index in [-0.39, 0.29) is 12.4 Å². The van der Waals surface area contributed by atoms with Crippen LogP contribution in [0.15, 0.2) is 60.7 Å². The van der Waals surface area contributed by atoms with Gasteiger partial charge in [0.05, 0.1) is 20.3 Å². The lowest BCUT2D eigenvalue weighted by molar-refractivity contribution is 0.122. The number of morpholine rings is 1. The Morgan fingerprint density at radius 1 is 1.00 bits per heavy atom. The lowest BCUT2D eigenvalue weighted by atomic mass is 10.1. The molecule has 0 aromatic heterocycles. The van der Waals surface area contributed by atoms with Gasteiger partial charge in [-0.05, 0) is 42.0 Å². The van der Waals surface area contributed by atoms with Crippen LogP contribution in [-0.2, 0) is 17.9 Å². The van der Waals surface area contributed by atoms with Gasteiger partial charge in [-0.25, -0.2) is 4.39 Å². The normalized spacial score (nSPS) is 13.7. The van der Waals surface area contributed by atoms with Gasteiger partial charge in [-0.15, -0.1) is 0 Å². The molecule has 0 atom stereocenters. The Bertz CT molecular complexity index is 1040. The molecule has 1 N–H and O–H groups in total. The van der Waals surface area contributed by atoms with E-state index in [0.29, 0.717) is 28.6 Å². The Morgan fingerprint density at radius 3 is 2.47 bits per heavy atom. The Morgan fingerprint density at radius 2 is 1.75 bits per heavy atom. The van der Waals surface area contributed by atoms with Gasteiger partial charge in [-0.3, -0.25) is 0 Å². The zero-order valence-electron chi connectivity index (χ0n) is 17.9. The number of nitrogens with one attached hydrogen (secondary N) is 1. The Labute approximate surface area is 192 Å². The van der Waals surface area contributed by atoms with E-state index in [1.165, 1.54) is 11.8 Å². The highest BCUT2D eigenvalue weighted by molar-refractivity contribution is 6.31. The number of methoxy groups -OCH3 is 1. The number of hydrogen-bond acceptors (Lipinski definition) is 5. The molecule has 1 saturated heterocycles. The molecule has 1 aliphatic heterocycles. The predicted molar refractivity (Wildman–Crippen MR) is 126 cm³/mol. The van der Waals surface area contributed by atoms with Crippen LogP contribution in [0.5, 0.6) is 11.5 Å². The van der Waals surface area contributed by atoms with Gasteiger partial charge in [0, 0.05) is 47.7 Å². The molecule has 168 valence electrons. The first-order valence-corrected chi connectivity index (χ1v) is 10.9. The first kappa shape index (κ1) is 22.2. The van der Waals surface area contributed by atoms with Crippen LogP contribution in [0, 0.1) is 5.82 Å². The fourth-order valence-electron chi connectivity index (χ4n) is 3.56. The van der Waals surface area contributed by atoms with Crippen LogP contribution in [0.2, 0.25) is 5.02 Å². The summed E-state index contributed by atoms with van der Waals surface area (Å²) in [6.07, 6.45) is 0. The van der Waals surface area contributed by atoms with E-state index in [9.17, 15) is 4.39 Å². The molecule has 5 nitrogen and oxygen atoms in total. The van der Waals surface area contributed by atoms with Crippen LogP contribution < -0.4 is 19.7 Å². The van der Waals surface area contributed by atoms with Crippen molar-refractivity contribution in [1.82, 2.24) is 0 Å². The maximum Gasteiger partial charge on any atom is 0.163 e. The molecular formula is C25H26ClFN2O3. The topological polar surface area (TPSA) is 43.0 Å². The Balaban J connectivity index is 1.40. The minimum absolute atomic E-state index is 0.0897. The first-order chi connectivity index (χ1) is 15.6. The second-order valence-electron chi connectivity index (χ2n) is 7.47. The smallest absolute Gasteiger partial charge is 0.163 e. The van der Waals surface area contributed by atoms with E-state index < -0.39 is 0 Å². The molecule has 0 amide bonds. The third kappa shape index (κ3) is 5.44. The molecule has 0 radical (unpaired) electrons. The molecule has 7 heteroatoms. The average Bonchev–Trinajstić information content (AvgIpc) is 2.84. The molecule has 0 spiro atoms. The monoisotopic (exact) mass is 456 g/mol. The molecular weight excluding hydrogens is 431 g/mol. The second kappa shape index (κ2) is 10.6. The van der Waals surface area contributed by atoms with E-state index in [4.69, 9.17) is 25.8 Å². The second-order valence-corrected chi connectivity index (χ2v) is 7.88. The minimum Gasteiger partial charge on any atom is -0.493 e. The summed E-state index contributed by atoms with van der Waals surface area (Å²) in [5, 5.41) is 3.94. The summed E-state index contributed by atoms with van der Waals surface area (Å²) in [5.41, 5.74) is 3.53. The fourth-order valence-corrected chi connectivity index (χ4v) is 3.79. The van der Waals surface area contributed by atoms with Gasteiger partial charge in [-0.1, -0.05) is 29.8 Å². The van der Waals surface area contributed by atoms with Crippen LogP contribution in [-0.4, -0.2) is 33.4 Å². The van der Waals surface area contributed by atoms with Crippen molar-refractivity contribution in [2.75, 3.05) is 43.6 Å². The third-order valence-electron chi connectivity index (χ3n) is 5.40. The molecule has 32 heavy (non-hydrogen) atoms. The molecule has 3 aromatic rings. The molecule has 0 saturated carbocycles. The fraction of sp³-hybridized carbons (Fsp3) is 0.280. The predicted octanol–water partition coefficient (Wildman–Crippen LogP) is 5.52. The quantitative estimate of drug-likeness (QED) is 0.483. The molecule has 1 fully saturated rings. The Hall–Kier alpha value is -2.96. The molecule has 3 aromatic carbocycles. The van der Waals surface area contributed by atoms with Crippen LogP contribution in [0.4, 0.5) is 15.8 Å². The van der Waals surface area contributed by atoms with Crippen molar-refractivity contribution < 1.29 is 18.6 Å². The molecule has 0 unspecified atom stereocenters. The van der Waals surface area contributed by atoms with E-state index in [1.54, 1.807) is 31.4 Å². The van der Waals surface area contributed by atoms with Gasteiger partial charge in [0.1, 0.15) is 12.4 Å². The standard InChI is InChI=1S/C25H26ClFN2O3/c1-30-24-14-19(22(26)15-25(24)32-17-18-4-2-3-5-23(18)27)16-28-20-6-8-21(9-7-20)29-10-12-31-13-11-29/h2-9,14-15,28H,10-13,16-17H2,1H3. The van der Waals surface area contributed by atoms with Crippen molar-refractivity contribution in [2.24, 2.45) is 0 Å². The van der Waals surface area contributed by atoms with Crippen molar-refractivity contribution in [1.29, 1.82) is 0 Å². The van der Waals surface area contributed by atoms with Crippen molar-refractivity contribution in [3.05, 3.63) is 82.6 Å². The lowest BCUT2D eigenvalue weighted by Gasteiger charge is -2.29. The molecule has 0 bridgehead atoms. The van der Waals surface area contributed by atoms with E-state index >= 15 is 0 Å². The lowest BCUT2D eigenvalue weighted by Crippen LogP contribution is -2.36. The molecule has 4 rings (SSSR count). The van der Waals surface area contributed by atoms with Gasteiger partial charge < -0.3 is 24.4 Å². The van der Waals surface area contributed by atoms with Crippen molar-refractivity contribution in [3.63, 3.8) is 0 Å². The summed E-state index contributed by atoms with van der Waals surface area (Å²) in [6, 6.07) is 18.4. The highest BCUT2D eigenvalue weighted by atomic mass is 35.5. The SMILES string of the molecule is COc1cc(CNc2ccc(N3CCOCC3)cc2)c(Cl)cc1OCc1ccccc1F. The summed E-state index contributed by atoms with van der Waals surface area (Å²) in [6.45, 7) is 3.97. The van der Waals surface area contributed by atoms with Crippen LogP contribution in [0.3, 0.4) is 0 Å². The van der Waals surface area contributed by atoms with E-state index in [2.05, 4.69) is 34.5 Å². The number of hydrogen-bond donors (Lipinski definition) is 1. The number of anilines is 2. The molecule has 1 aliphatic rings. The zero-order valence-corrected chi connectivity index (χ0v) is 18.7. The van der Waals surface area contributed by atoms with Crippen molar-refractivity contribution >= 4 is 23.0 Å². The van der Waals surface area contributed by atoms with Gasteiger partial charge in [0.2, 0.25) is 0 Å². The van der Waals surface area contributed by atoms with Gasteiger partial charge in [0.15, 0.2) is 11.5 Å². The molecule has 1 heterocycles. The maximum absolute atomic E-state index is 13.9. The van der Waals surface area contributed by atoms with E-state index in [0.717, 1.165) is 37.6 Å². The van der Waals surface area contributed by atoms with Crippen molar-refractivity contribution in [2.45, 2.75) is 13.2 Å². The Kier molecular flexibility index (Phi) is 7.35. The summed E-state index contributed by atoms with van der Waals surface area (Å²) in [7, 11) is 1.57. The zero-order chi connectivity index (χ0) is 22.3. The number of benzene rings is 3. The third-order valence-corrected chi connectivity index (χ3v) is 5.75. The summed E-state index contributed by atoms with van der Waals surface area (Å²) >= 11 is 6.50. The molecule has 0 aliphatic carbocycles. The van der Waals surface area contributed by atoms with Crippen LogP contribution in [0.1, 0.15) is 11.1 Å². The summed E-state index contributed by atoms with van der Waals surface area (Å²) < 4.78 is 30.5. The number of halogens is 2. The first-order valence-electron chi connectivity index (χ1n) is 10.5. The average molecular weight is 457 g/mol. The van der Waals surface area contributed by atoms with Crippen molar-refractivity contribution in [3.8, 4) is 11.5 Å². The van der Waals surface area contributed by atoms with Crippen LogP contribution >= 0.6 is 11.6 Å². The minimum atomic E-state index is -0.307. The highest BCUT2D eigenvalue weighted by Crippen LogP contribution is 2.34.